The molecular formula is C24H56Cl2N2. The first kappa shape index (κ1) is 35.9. The molecule has 0 saturated carbocycles. The molecule has 0 rings (SSSR count). The highest BCUT2D eigenvalue weighted by Crippen LogP contribution is 2.10. The molecule has 0 spiro atoms. The summed E-state index contributed by atoms with van der Waals surface area (Å²) in [5.41, 5.74) is 10.8. The van der Waals surface area contributed by atoms with Gasteiger partial charge in [0, 0.05) is 0 Å². The average molecular weight is 444 g/mol. The third kappa shape index (κ3) is 41.0. The third-order valence-corrected chi connectivity index (χ3v) is 5.12. The summed E-state index contributed by atoms with van der Waals surface area (Å²) in [6.45, 7) is 6.28. The van der Waals surface area contributed by atoms with Crippen molar-refractivity contribution in [2.75, 3.05) is 13.1 Å². The largest absolute Gasteiger partial charge is 0.330 e. The molecule has 4 N–H and O–H groups in total. The lowest BCUT2D eigenvalue weighted by Crippen LogP contribution is -1.97. The average Bonchev–Trinajstić information content (AvgIpc) is 2.66. The van der Waals surface area contributed by atoms with Gasteiger partial charge < -0.3 is 11.5 Å². The number of hydrogen-bond donors (Lipinski definition) is 2. The van der Waals surface area contributed by atoms with Gasteiger partial charge in [-0.1, -0.05) is 129 Å². The van der Waals surface area contributed by atoms with Gasteiger partial charge >= 0.3 is 0 Å². The molecule has 0 aliphatic rings. The molecule has 0 aromatic rings. The highest BCUT2D eigenvalue weighted by atomic mass is 35.5. The van der Waals surface area contributed by atoms with E-state index in [2.05, 4.69) is 13.8 Å². The van der Waals surface area contributed by atoms with Crippen molar-refractivity contribution in [2.24, 2.45) is 11.5 Å². The standard InChI is InChI=1S/2C12H27N.2ClH/c2*1-2-3-4-5-6-7-8-9-10-11-12-13;;/h2*2-13H2,1H3;2*1H. The van der Waals surface area contributed by atoms with E-state index in [1.165, 1.54) is 128 Å². The van der Waals surface area contributed by atoms with Gasteiger partial charge in [0.15, 0.2) is 0 Å². The first-order valence-electron chi connectivity index (χ1n) is 12.2. The zero-order valence-corrected chi connectivity index (χ0v) is 21.2. The predicted octanol–water partition coefficient (Wildman–Crippen LogP) is 8.58. The van der Waals surface area contributed by atoms with Crippen LogP contribution in [0.15, 0.2) is 0 Å². The van der Waals surface area contributed by atoms with E-state index >= 15 is 0 Å². The lowest BCUT2D eigenvalue weighted by molar-refractivity contribution is 0.558. The normalized spacial score (nSPS) is 9.86. The Balaban J connectivity index is -0.000000192. The number of rotatable bonds is 20. The second kappa shape index (κ2) is 38.1. The maximum atomic E-state index is 5.42. The molecule has 0 amide bonds. The van der Waals surface area contributed by atoms with Crippen LogP contribution < -0.4 is 11.5 Å². The first-order valence-corrected chi connectivity index (χ1v) is 12.2. The fourth-order valence-corrected chi connectivity index (χ4v) is 3.26. The Bertz CT molecular complexity index is 175. The Hall–Kier alpha value is 0.500. The van der Waals surface area contributed by atoms with Crippen LogP contribution in [0, 0.1) is 0 Å². The Labute approximate surface area is 191 Å². The van der Waals surface area contributed by atoms with Gasteiger partial charge in [-0.25, -0.2) is 0 Å². The lowest BCUT2D eigenvalue weighted by Gasteiger charge is -2.00. The van der Waals surface area contributed by atoms with Crippen LogP contribution in [0.3, 0.4) is 0 Å². The van der Waals surface area contributed by atoms with Crippen molar-refractivity contribution in [3.8, 4) is 0 Å². The van der Waals surface area contributed by atoms with Crippen molar-refractivity contribution < 1.29 is 0 Å². The van der Waals surface area contributed by atoms with Crippen molar-refractivity contribution in [1.82, 2.24) is 0 Å². The summed E-state index contributed by atoms with van der Waals surface area (Å²) in [6.07, 6.45) is 27.9. The summed E-state index contributed by atoms with van der Waals surface area (Å²) >= 11 is 0. The summed E-state index contributed by atoms with van der Waals surface area (Å²) in [5.74, 6) is 0. The van der Waals surface area contributed by atoms with Crippen molar-refractivity contribution in [1.29, 1.82) is 0 Å². The summed E-state index contributed by atoms with van der Waals surface area (Å²) in [5, 5.41) is 0. The van der Waals surface area contributed by atoms with Gasteiger partial charge in [0.1, 0.15) is 0 Å². The van der Waals surface area contributed by atoms with Crippen LogP contribution in [-0.4, -0.2) is 13.1 Å². The Morgan fingerprint density at radius 1 is 0.321 bits per heavy atom. The number of halogens is 2. The Morgan fingerprint density at radius 2 is 0.500 bits per heavy atom. The van der Waals surface area contributed by atoms with E-state index in [0.717, 1.165) is 13.1 Å². The fourth-order valence-electron chi connectivity index (χ4n) is 3.26. The van der Waals surface area contributed by atoms with Gasteiger partial charge in [0.2, 0.25) is 0 Å². The molecule has 0 heterocycles. The molecule has 0 fully saturated rings. The minimum absolute atomic E-state index is 0. The van der Waals surface area contributed by atoms with Gasteiger partial charge in [-0.05, 0) is 25.9 Å². The van der Waals surface area contributed by atoms with Crippen LogP contribution in [0.1, 0.15) is 142 Å². The third-order valence-electron chi connectivity index (χ3n) is 5.12. The molecule has 4 heteroatoms. The molecule has 0 aromatic carbocycles. The minimum Gasteiger partial charge on any atom is -0.330 e. The van der Waals surface area contributed by atoms with Gasteiger partial charge in [0.05, 0.1) is 0 Å². The molecule has 28 heavy (non-hydrogen) atoms. The number of unbranched alkanes of at least 4 members (excludes halogenated alkanes) is 18. The SMILES string of the molecule is CCCCCCCCCCCCN.CCCCCCCCCCCCN.Cl.Cl. The fraction of sp³-hybridized carbons (Fsp3) is 1.00. The number of hydrogen-bond acceptors (Lipinski definition) is 2. The highest BCUT2D eigenvalue weighted by molar-refractivity contribution is 5.85. The van der Waals surface area contributed by atoms with E-state index in [1.54, 1.807) is 0 Å². The second-order valence-electron chi connectivity index (χ2n) is 7.94. The molecule has 0 aliphatic heterocycles. The van der Waals surface area contributed by atoms with E-state index in [4.69, 9.17) is 11.5 Å². The maximum Gasteiger partial charge on any atom is -0.00773 e. The van der Waals surface area contributed by atoms with Gasteiger partial charge in [-0.3, -0.25) is 0 Å². The van der Waals surface area contributed by atoms with E-state index in [0.29, 0.717) is 0 Å². The van der Waals surface area contributed by atoms with Gasteiger partial charge in [-0.2, -0.15) is 0 Å². The Kier molecular flexibility index (Phi) is 48.9. The quantitative estimate of drug-likeness (QED) is 0.185. The monoisotopic (exact) mass is 442 g/mol. The highest BCUT2D eigenvalue weighted by Gasteiger charge is 1.92. The van der Waals surface area contributed by atoms with Crippen LogP contribution in [0.4, 0.5) is 0 Å². The van der Waals surface area contributed by atoms with Crippen molar-refractivity contribution in [3.05, 3.63) is 0 Å². The van der Waals surface area contributed by atoms with Gasteiger partial charge in [-0.15, -0.1) is 24.8 Å². The smallest absolute Gasteiger partial charge is 0.00773 e. The molecule has 0 unspecified atom stereocenters. The first-order chi connectivity index (χ1) is 12.8. The van der Waals surface area contributed by atoms with Crippen molar-refractivity contribution in [2.45, 2.75) is 142 Å². The van der Waals surface area contributed by atoms with E-state index in [-0.39, 0.29) is 24.8 Å². The molecule has 2 nitrogen and oxygen atoms in total. The molecule has 0 bridgehead atoms. The summed E-state index contributed by atoms with van der Waals surface area (Å²) in [7, 11) is 0. The molecular weight excluding hydrogens is 387 g/mol. The minimum atomic E-state index is 0. The van der Waals surface area contributed by atoms with E-state index in [9.17, 15) is 0 Å². The van der Waals surface area contributed by atoms with E-state index in [1.807, 2.05) is 0 Å². The van der Waals surface area contributed by atoms with Crippen LogP contribution in [0.2, 0.25) is 0 Å². The van der Waals surface area contributed by atoms with Crippen LogP contribution in [-0.2, 0) is 0 Å². The predicted molar refractivity (Wildman–Crippen MR) is 136 cm³/mol. The molecule has 176 valence electrons. The summed E-state index contributed by atoms with van der Waals surface area (Å²) in [6, 6.07) is 0. The van der Waals surface area contributed by atoms with E-state index < -0.39 is 0 Å². The number of nitrogens with two attached hydrogens (primary N) is 2. The maximum absolute atomic E-state index is 5.42. The zero-order chi connectivity index (χ0) is 19.6. The van der Waals surface area contributed by atoms with Gasteiger partial charge in [0.25, 0.3) is 0 Å². The van der Waals surface area contributed by atoms with Crippen LogP contribution in [0.5, 0.6) is 0 Å². The van der Waals surface area contributed by atoms with Crippen molar-refractivity contribution in [3.63, 3.8) is 0 Å². The zero-order valence-electron chi connectivity index (χ0n) is 19.5. The summed E-state index contributed by atoms with van der Waals surface area (Å²) < 4.78 is 0. The lowest BCUT2D eigenvalue weighted by atomic mass is 10.1. The molecule has 0 aliphatic carbocycles. The topological polar surface area (TPSA) is 52.0 Å². The Morgan fingerprint density at radius 3 is 0.679 bits per heavy atom. The van der Waals surface area contributed by atoms with Crippen molar-refractivity contribution >= 4 is 24.8 Å². The second-order valence-corrected chi connectivity index (χ2v) is 7.94. The molecule has 0 atom stereocenters. The molecule has 0 radical (unpaired) electrons. The molecule has 0 aromatic heterocycles. The molecule has 0 saturated heterocycles. The van der Waals surface area contributed by atoms with Crippen LogP contribution >= 0.6 is 24.8 Å². The summed E-state index contributed by atoms with van der Waals surface area (Å²) in [4.78, 5) is 0. The van der Waals surface area contributed by atoms with Crippen LogP contribution in [0.25, 0.3) is 0 Å².